The number of hydrogen-bond donors (Lipinski definition) is 1. The van der Waals surface area contributed by atoms with Gasteiger partial charge in [0.05, 0.1) is 0 Å². The van der Waals surface area contributed by atoms with Crippen LogP contribution < -0.4 is 0 Å². The highest BCUT2D eigenvalue weighted by Crippen LogP contribution is 2.12. The number of H-pyrrole nitrogens is 1. The zero-order valence-electron chi connectivity index (χ0n) is 9.89. The monoisotopic (exact) mass is 193 g/mol. The lowest BCUT2D eigenvalue weighted by molar-refractivity contribution is 1.44. The van der Waals surface area contributed by atoms with E-state index in [1.165, 1.54) is 16.5 Å². The van der Waals surface area contributed by atoms with Gasteiger partial charge in [-0.25, -0.2) is 0 Å². The Labute approximate surface area is 88.6 Å². The quantitative estimate of drug-likeness (QED) is 0.620. The second kappa shape index (κ2) is 7.19. The number of aromatic amines is 1. The standard InChI is InChI=1S/C9H9N.2C2H6.H2/c1-7-2-3-8-4-5-10-9(8)6-7;2*1-2;/h2-6,10H,1H3;2*1-2H3;1H. The molecule has 0 saturated carbocycles. The summed E-state index contributed by atoms with van der Waals surface area (Å²) in [5.74, 6) is 0. The Morgan fingerprint density at radius 1 is 1.00 bits per heavy atom. The van der Waals surface area contributed by atoms with Crippen molar-refractivity contribution in [3.8, 4) is 0 Å². The molecule has 0 atom stereocenters. The van der Waals surface area contributed by atoms with Crippen LogP contribution in [0.5, 0.6) is 0 Å². The molecule has 1 nitrogen and oxygen atoms in total. The summed E-state index contributed by atoms with van der Waals surface area (Å²) in [5.41, 5.74) is 2.52. The summed E-state index contributed by atoms with van der Waals surface area (Å²) >= 11 is 0. The molecule has 0 radical (unpaired) electrons. The third-order valence-corrected chi connectivity index (χ3v) is 1.71. The molecule has 14 heavy (non-hydrogen) atoms. The molecule has 0 aliphatic rings. The van der Waals surface area contributed by atoms with E-state index in [0.717, 1.165) is 0 Å². The fraction of sp³-hybridized carbons (Fsp3) is 0.385. The minimum absolute atomic E-state index is 0. The lowest BCUT2D eigenvalue weighted by atomic mass is 10.2. The molecule has 0 amide bonds. The highest BCUT2D eigenvalue weighted by molar-refractivity contribution is 5.79. The van der Waals surface area contributed by atoms with Gasteiger partial charge in [0.2, 0.25) is 0 Å². The second-order valence-corrected chi connectivity index (χ2v) is 2.57. The molecule has 2 aromatic rings. The van der Waals surface area contributed by atoms with Gasteiger partial charge >= 0.3 is 0 Å². The summed E-state index contributed by atoms with van der Waals surface area (Å²) in [5, 5.41) is 1.28. The SMILES string of the molecule is CC.CC.Cc1ccc2cc[nH]c2c1.[HH]. The van der Waals surface area contributed by atoms with Gasteiger partial charge in [0, 0.05) is 13.1 Å². The normalized spacial score (nSPS) is 8.36. The van der Waals surface area contributed by atoms with Crippen LogP contribution in [0, 0.1) is 6.92 Å². The highest BCUT2D eigenvalue weighted by atomic mass is 14.7. The molecule has 1 N–H and O–H groups in total. The van der Waals surface area contributed by atoms with Crippen molar-refractivity contribution in [2.75, 3.05) is 0 Å². The van der Waals surface area contributed by atoms with Crippen LogP contribution in [0.25, 0.3) is 10.9 Å². The number of benzene rings is 1. The van der Waals surface area contributed by atoms with Crippen molar-refractivity contribution < 1.29 is 1.43 Å². The molecule has 1 heterocycles. The fourth-order valence-corrected chi connectivity index (χ4v) is 1.16. The van der Waals surface area contributed by atoms with Crippen molar-refractivity contribution in [2.24, 2.45) is 0 Å². The Balaban J connectivity index is 0. The predicted octanol–water partition coefficient (Wildman–Crippen LogP) is 4.77. The predicted molar refractivity (Wildman–Crippen MR) is 67.8 cm³/mol. The smallest absolute Gasteiger partial charge is 0.0456 e. The molecule has 0 aliphatic carbocycles. The van der Waals surface area contributed by atoms with Crippen LogP contribution in [-0.2, 0) is 0 Å². The van der Waals surface area contributed by atoms with Gasteiger partial charge in [-0.2, -0.15) is 0 Å². The van der Waals surface area contributed by atoms with E-state index in [0.29, 0.717) is 0 Å². The molecule has 2 rings (SSSR count). The van der Waals surface area contributed by atoms with Crippen LogP contribution in [0.4, 0.5) is 0 Å². The zero-order valence-corrected chi connectivity index (χ0v) is 9.89. The van der Waals surface area contributed by atoms with Gasteiger partial charge in [-0.1, -0.05) is 39.8 Å². The zero-order chi connectivity index (χ0) is 11.0. The van der Waals surface area contributed by atoms with Crippen LogP contribution in [0.2, 0.25) is 0 Å². The lowest BCUT2D eigenvalue weighted by Gasteiger charge is -1.90. The number of fused-ring (bicyclic) bond motifs is 1. The second-order valence-electron chi connectivity index (χ2n) is 2.57. The minimum Gasteiger partial charge on any atom is -0.361 e. The highest BCUT2D eigenvalue weighted by Gasteiger charge is 1.90. The van der Waals surface area contributed by atoms with Crippen molar-refractivity contribution in [1.29, 1.82) is 0 Å². The Kier molecular flexibility index (Phi) is 6.55. The number of aromatic nitrogens is 1. The van der Waals surface area contributed by atoms with Gasteiger partial charge in [0.15, 0.2) is 0 Å². The average Bonchev–Trinajstić information content (AvgIpc) is 2.71. The number of hydrogen-bond acceptors (Lipinski definition) is 0. The molecule has 0 saturated heterocycles. The van der Waals surface area contributed by atoms with E-state index in [1.54, 1.807) is 0 Å². The maximum absolute atomic E-state index is 3.16. The number of aryl methyl sites for hydroxylation is 1. The Hall–Kier alpha value is -1.24. The number of rotatable bonds is 0. The van der Waals surface area contributed by atoms with Gasteiger partial charge in [-0.3, -0.25) is 0 Å². The van der Waals surface area contributed by atoms with Crippen molar-refractivity contribution in [3.63, 3.8) is 0 Å². The van der Waals surface area contributed by atoms with Crippen molar-refractivity contribution in [1.82, 2.24) is 4.98 Å². The van der Waals surface area contributed by atoms with E-state index in [9.17, 15) is 0 Å². The molecule has 1 aromatic heterocycles. The van der Waals surface area contributed by atoms with Crippen molar-refractivity contribution >= 4 is 10.9 Å². The van der Waals surface area contributed by atoms with Crippen LogP contribution in [0.15, 0.2) is 30.5 Å². The molecule has 1 aromatic carbocycles. The molecule has 0 spiro atoms. The van der Waals surface area contributed by atoms with Gasteiger partial charge in [-0.15, -0.1) is 0 Å². The first-order valence-electron chi connectivity index (χ1n) is 5.40. The van der Waals surface area contributed by atoms with Gasteiger partial charge in [-0.05, 0) is 30.0 Å². The third-order valence-electron chi connectivity index (χ3n) is 1.71. The van der Waals surface area contributed by atoms with Crippen molar-refractivity contribution in [3.05, 3.63) is 36.0 Å². The number of nitrogens with one attached hydrogen (secondary N) is 1. The van der Waals surface area contributed by atoms with E-state index < -0.39 is 0 Å². The molecule has 0 aliphatic heterocycles. The van der Waals surface area contributed by atoms with Crippen LogP contribution >= 0.6 is 0 Å². The van der Waals surface area contributed by atoms with Gasteiger partial charge in [0.25, 0.3) is 0 Å². The maximum Gasteiger partial charge on any atom is 0.0456 e. The topological polar surface area (TPSA) is 15.8 Å². The molecule has 0 bridgehead atoms. The molecule has 1 heteroatoms. The van der Waals surface area contributed by atoms with E-state index in [1.807, 2.05) is 33.9 Å². The summed E-state index contributed by atoms with van der Waals surface area (Å²) in [6, 6.07) is 8.47. The fourth-order valence-electron chi connectivity index (χ4n) is 1.16. The molecule has 0 fully saturated rings. The third kappa shape index (κ3) is 3.25. The molecule has 0 unspecified atom stereocenters. The van der Waals surface area contributed by atoms with Gasteiger partial charge < -0.3 is 4.98 Å². The lowest BCUT2D eigenvalue weighted by Crippen LogP contribution is -1.70. The minimum atomic E-state index is 0. The Morgan fingerprint density at radius 2 is 1.64 bits per heavy atom. The summed E-state index contributed by atoms with van der Waals surface area (Å²) in [6.45, 7) is 10.1. The molecular weight excluding hydrogens is 170 g/mol. The first-order chi connectivity index (χ1) is 6.86. The largest absolute Gasteiger partial charge is 0.361 e. The summed E-state index contributed by atoms with van der Waals surface area (Å²) < 4.78 is 0. The summed E-state index contributed by atoms with van der Waals surface area (Å²) in [6.07, 6.45) is 1.96. The van der Waals surface area contributed by atoms with E-state index in [4.69, 9.17) is 0 Å². The van der Waals surface area contributed by atoms with Crippen LogP contribution in [-0.4, -0.2) is 4.98 Å². The maximum atomic E-state index is 3.16. The molecule has 80 valence electrons. The van der Waals surface area contributed by atoms with Crippen LogP contribution in [0.3, 0.4) is 0 Å². The Morgan fingerprint density at radius 3 is 2.29 bits per heavy atom. The molecular formula is C13H23N. The average molecular weight is 193 g/mol. The first-order valence-corrected chi connectivity index (χ1v) is 5.40. The van der Waals surface area contributed by atoms with E-state index >= 15 is 0 Å². The Bertz CT molecular complexity index is 352. The van der Waals surface area contributed by atoms with Crippen LogP contribution in [0.1, 0.15) is 34.7 Å². The van der Waals surface area contributed by atoms with Gasteiger partial charge in [0.1, 0.15) is 0 Å². The van der Waals surface area contributed by atoms with E-state index in [2.05, 4.69) is 36.2 Å². The summed E-state index contributed by atoms with van der Waals surface area (Å²) in [7, 11) is 0. The first kappa shape index (κ1) is 12.8. The summed E-state index contributed by atoms with van der Waals surface area (Å²) in [4.78, 5) is 3.16. The van der Waals surface area contributed by atoms with Crippen molar-refractivity contribution in [2.45, 2.75) is 34.6 Å². The van der Waals surface area contributed by atoms with E-state index in [-0.39, 0.29) is 1.43 Å².